The van der Waals surface area contributed by atoms with E-state index in [2.05, 4.69) is 4.98 Å². The number of carbonyl (C=O) groups is 1. The van der Waals surface area contributed by atoms with Gasteiger partial charge in [0.25, 0.3) is 0 Å². The van der Waals surface area contributed by atoms with Crippen LogP contribution in [0, 0.1) is 12.7 Å². The molecule has 6 nitrogen and oxygen atoms in total. The molecule has 1 fully saturated rings. The number of amides is 1. The first kappa shape index (κ1) is 23.4. The van der Waals surface area contributed by atoms with Gasteiger partial charge in [0.15, 0.2) is 11.5 Å². The Hall–Kier alpha value is -3.74. The van der Waals surface area contributed by atoms with Crippen LogP contribution in [0.1, 0.15) is 35.8 Å². The Morgan fingerprint density at radius 2 is 1.88 bits per heavy atom. The molecule has 0 spiro atoms. The number of nitrogens with zero attached hydrogens (tertiary/aromatic N) is 3. The molecule has 1 atom stereocenters. The van der Waals surface area contributed by atoms with Gasteiger partial charge in [-0.15, -0.1) is 0 Å². The standard InChI is InChI=1S/C27H28FN3O3/c1-18-29-16-23(20-8-10-22(28)11-9-20)27(30-18)21-5-4-14-31(17-21)26(32)13-7-19-6-12-24(33-2)25(15-19)34-3/h6-13,15-16,21H,4-5,14,17H2,1-3H3/b13-7+/t21-/m0/s1. The lowest BCUT2D eigenvalue weighted by Gasteiger charge is -2.32. The highest BCUT2D eigenvalue weighted by Crippen LogP contribution is 2.33. The van der Waals surface area contributed by atoms with Crippen molar-refractivity contribution in [3.63, 3.8) is 0 Å². The number of ether oxygens (including phenoxy) is 2. The van der Waals surface area contributed by atoms with Crippen molar-refractivity contribution in [2.24, 2.45) is 0 Å². The monoisotopic (exact) mass is 461 g/mol. The SMILES string of the molecule is COc1ccc(/C=C/C(=O)N2CCC[C@H](c3nc(C)ncc3-c3ccc(F)cc3)C2)cc1OC. The first-order valence-electron chi connectivity index (χ1n) is 11.3. The molecule has 1 aliphatic rings. The van der Waals surface area contributed by atoms with E-state index in [1.54, 1.807) is 44.7 Å². The van der Waals surface area contributed by atoms with Gasteiger partial charge in [0.05, 0.1) is 19.9 Å². The molecule has 3 aromatic rings. The summed E-state index contributed by atoms with van der Waals surface area (Å²) >= 11 is 0. The third-order valence-corrected chi connectivity index (χ3v) is 6.04. The Morgan fingerprint density at radius 1 is 1.12 bits per heavy atom. The Bertz CT molecular complexity index is 1190. The van der Waals surface area contributed by atoms with Crippen molar-refractivity contribution < 1.29 is 18.7 Å². The fourth-order valence-electron chi connectivity index (χ4n) is 4.28. The van der Waals surface area contributed by atoms with Gasteiger partial charge in [0, 0.05) is 36.8 Å². The second kappa shape index (κ2) is 10.5. The van der Waals surface area contributed by atoms with E-state index in [0.717, 1.165) is 35.2 Å². The third-order valence-electron chi connectivity index (χ3n) is 6.04. The number of hydrogen-bond acceptors (Lipinski definition) is 5. The molecular weight excluding hydrogens is 433 g/mol. The topological polar surface area (TPSA) is 64.5 Å². The summed E-state index contributed by atoms with van der Waals surface area (Å²) in [6.07, 6.45) is 6.98. The molecule has 2 aromatic carbocycles. The zero-order valence-electron chi connectivity index (χ0n) is 19.6. The van der Waals surface area contributed by atoms with E-state index in [-0.39, 0.29) is 17.6 Å². The smallest absolute Gasteiger partial charge is 0.246 e. The van der Waals surface area contributed by atoms with Crippen molar-refractivity contribution in [3.8, 4) is 22.6 Å². The zero-order valence-corrected chi connectivity index (χ0v) is 19.6. The van der Waals surface area contributed by atoms with Crippen molar-refractivity contribution >= 4 is 12.0 Å². The molecular formula is C27H28FN3O3. The molecule has 1 amide bonds. The maximum atomic E-state index is 13.4. The van der Waals surface area contributed by atoms with Gasteiger partial charge in [-0.05, 0) is 61.2 Å². The van der Waals surface area contributed by atoms with E-state index in [0.29, 0.717) is 30.4 Å². The lowest BCUT2D eigenvalue weighted by atomic mass is 9.89. The number of piperidine rings is 1. The predicted molar refractivity (Wildman–Crippen MR) is 129 cm³/mol. The van der Waals surface area contributed by atoms with Crippen LogP contribution in [0.4, 0.5) is 4.39 Å². The zero-order chi connectivity index (χ0) is 24.1. The number of hydrogen-bond donors (Lipinski definition) is 0. The fourth-order valence-corrected chi connectivity index (χ4v) is 4.28. The Labute approximate surface area is 199 Å². The molecule has 0 unspecified atom stereocenters. The second-order valence-corrected chi connectivity index (χ2v) is 8.29. The highest BCUT2D eigenvalue weighted by molar-refractivity contribution is 5.92. The number of rotatable bonds is 6. The van der Waals surface area contributed by atoms with Gasteiger partial charge in [-0.1, -0.05) is 18.2 Å². The predicted octanol–water partition coefficient (Wildman–Crippen LogP) is 5.03. The summed E-state index contributed by atoms with van der Waals surface area (Å²) in [4.78, 5) is 23.9. The second-order valence-electron chi connectivity index (χ2n) is 8.29. The summed E-state index contributed by atoms with van der Waals surface area (Å²) in [5.41, 5.74) is 3.50. The number of carbonyl (C=O) groups excluding carboxylic acids is 1. The Kier molecular flexibility index (Phi) is 7.21. The average Bonchev–Trinajstić information content (AvgIpc) is 2.87. The lowest BCUT2D eigenvalue weighted by molar-refractivity contribution is -0.127. The molecule has 176 valence electrons. The maximum Gasteiger partial charge on any atom is 0.246 e. The quantitative estimate of drug-likeness (QED) is 0.482. The summed E-state index contributed by atoms with van der Waals surface area (Å²) in [5, 5.41) is 0. The Morgan fingerprint density at radius 3 is 2.62 bits per heavy atom. The fraction of sp³-hybridized carbons (Fsp3) is 0.296. The molecule has 7 heteroatoms. The van der Waals surface area contributed by atoms with E-state index in [4.69, 9.17) is 14.5 Å². The van der Waals surface area contributed by atoms with Crippen LogP contribution in [0.3, 0.4) is 0 Å². The highest BCUT2D eigenvalue weighted by atomic mass is 19.1. The van der Waals surface area contributed by atoms with Gasteiger partial charge < -0.3 is 14.4 Å². The van der Waals surface area contributed by atoms with Gasteiger partial charge >= 0.3 is 0 Å². The van der Waals surface area contributed by atoms with Gasteiger partial charge in [-0.3, -0.25) is 4.79 Å². The van der Waals surface area contributed by atoms with E-state index in [1.165, 1.54) is 12.1 Å². The largest absolute Gasteiger partial charge is 0.493 e. The molecule has 1 saturated heterocycles. The molecule has 0 radical (unpaired) electrons. The van der Waals surface area contributed by atoms with Crippen LogP contribution in [0.15, 0.2) is 54.7 Å². The summed E-state index contributed by atoms with van der Waals surface area (Å²) in [7, 11) is 3.17. The van der Waals surface area contributed by atoms with E-state index in [9.17, 15) is 9.18 Å². The molecule has 0 N–H and O–H groups in total. The summed E-state index contributed by atoms with van der Waals surface area (Å²) in [5.74, 6) is 1.68. The number of benzene rings is 2. The van der Waals surface area contributed by atoms with Gasteiger partial charge in [0.2, 0.25) is 5.91 Å². The summed E-state index contributed by atoms with van der Waals surface area (Å²) in [6, 6.07) is 11.9. The van der Waals surface area contributed by atoms with Crippen LogP contribution in [-0.2, 0) is 4.79 Å². The number of aryl methyl sites for hydroxylation is 1. The molecule has 34 heavy (non-hydrogen) atoms. The minimum absolute atomic E-state index is 0.0476. The first-order valence-corrected chi connectivity index (χ1v) is 11.3. The van der Waals surface area contributed by atoms with Gasteiger partial charge in [-0.2, -0.15) is 0 Å². The highest BCUT2D eigenvalue weighted by Gasteiger charge is 2.27. The summed E-state index contributed by atoms with van der Waals surface area (Å²) in [6.45, 7) is 3.12. The van der Waals surface area contributed by atoms with Crippen molar-refractivity contribution in [2.45, 2.75) is 25.7 Å². The van der Waals surface area contributed by atoms with Gasteiger partial charge in [-0.25, -0.2) is 14.4 Å². The minimum atomic E-state index is -0.283. The van der Waals surface area contributed by atoms with Crippen LogP contribution in [-0.4, -0.2) is 48.1 Å². The van der Waals surface area contributed by atoms with Crippen LogP contribution in [0.25, 0.3) is 17.2 Å². The lowest BCUT2D eigenvalue weighted by Crippen LogP contribution is -2.38. The molecule has 1 aliphatic heterocycles. The van der Waals surface area contributed by atoms with Gasteiger partial charge in [0.1, 0.15) is 11.6 Å². The number of halogens is 1. The average molecular weight is 462 g/mol. The maximum absolute atomic E-state index is 13.4. The van der Waals surface area contributed by atoms with Crippen LogP contribution in [0.2, 0.25) is 0 Å². The van der Waals surface area contributed by atoms with E-state index >= 15 is 0 Å². The van der Waals surface area contributed by atoms with Crippen LogP contribution >= 0.6 is 0 Å². The van der Waals surface area contributed by atoms with Crippen molar-refractivity contribution in [1.29, 1.82) is 0 Å². The molecule has 2 heterocycles. The molecule has 0 bridgehead atoms. The first-order chi connectivity index (χ1) is 16.5. The van der Waals surface area contributed by atoms with E-state index < -0.39 is 0 Å². The number of likely N-dealkylation sites (tertiary alicyclic amines) is 1. The molecule has 4 rings (SSSR count). The van der Waals surface area contributed by atoms with E-state index in [1.807, 2.05) is 30.0 Å². The third kappa shape index (κ3) is 5.25. The van der Waals surface area contributed by atoms with Crippen LogP contribution < -0.4 is 9.47 Å². The number of aromatic nitrogens is 2. The normalized spacial score (nSPS) is 16.0. The van der Waals surface area contributed by atoms with Crippen LogP contribution in [0.5, 0.6) is 11.5 Å². The van der Waals surface area contributed by atoms with Crippen molar-refractivity contribution in [3.05, 3.63) is 77.6 Å². The number of methoxy groups -OCH3 is 2. The van der Waals surface area contributed by atoms with Crippen molar-refractivity contribution in [1.82, 2.24) is 14.9 Å². The summed E-state index contributed by atoms with van der Waals surface area (Å²) < 4.78 is 24.1. The molecule has 1 aromatic heterocycles. The Balaban J connectivity index is 1.53. The molecule has 0 saturated carbocycles. The molecule has 0 aliphatic carbocycles. The minimum Gasteiger partial charge on any atom is -0.493 e. The van der Waals surface area contributed by atoms with Crippen molar-refractivity contribution in [2.75, 3.05) is 27.3 Å².